The molecule has 2 rings (SSSR count). The van der Waals surface area contributed by atoms with Crippen LogP contribution in [-0.4, -0.2) is 36.0 Å². The molecule has 0 fully saturated rings. The summed E-state index contributed by atoms with van der Waals surface area (Å²) < 4.78 is 0. The fourth-order valence-electron chi connectivity index (χ4n) is 2.19. The van der Waals surface area contributed by atoms with E-state index in [1.807, 2.05) is 37.3 Å². The third-order valence-electron chi connectivity index (χ3n) is 3.55. The van der Waals surface area contributed by atoms with E-state index in [9.17, 15) is 4.79 Å². The van der Waals surface area contributed by atoms with Gasteiger partial charge >= 0.3 is 0 Å². The van der Waals surface area contributed by atoms with Crippen LogP contribution in [0.3, 0.4) is 0 Å². The van der Waals surface area contributed by atoms with Gasteiger partial charge in [0.05, 0.1) is 5.71 Å². The Labute approximate surface area is 125 Å². The molecule has 0 radical (unpaired) electrons. The summed E-state index contributed by atoms with van der Waals surface area (Å²) in [5.74, 6) is 0.152. The molecule has 5 nitrogen and oxygen atoms in total. The number of carbonyl (C=O) groups excluding carboxylic acids is 1. The maximum Gasteiger partial charge on any atom is 0.264 e. The van der Waals surface area contributed by atoms with Gasteiger partial charge in [-0.1, -0.05) is 42.4 Å². The van der Waals surface area contributed by atoms with Gasteiger partial charge in [0.25, 0.3) is 5.91 Å². The third-order valence-corrected chi connectivity index (χ3v) is 3.55. The molecule has 1 aromatic carbocycles. The fraction of sp³-hybridized carbons (Fsp3) is 0.500. The van der Waals surface area contributed by atoms with Gasteiger partial charge < -0.3 is 15.3 Å². The Morgan fingerprint density at radius 3 is 2.95 bits per heavy atom. The maximum absolute atomic E-state index is 12.0. The lowest BCUT2D eigenvalue weighted by molar-refractivity contribution is -0.131. The number of aliphatic hydroxyl groups is 1. The van der Waals surface area contributed by atoms with E-state index in [1.165, 1.54) is 0 Å². The molecule has 1 heterocycles. The highest BCUT2D eigenvalue weighted by Crippen LogP contribution is 2.16. The minimum Gasteiger partial charge on any atom is -0.396 e. The molecule has 2 unspecified atom stereocenters. The zero-order chi connectivity index (χ0) is 15.1. The van der Waals surface area contributed by atoms with Crippen LogP contribution < -0.4 is 5.32 Å². The normalized spacial score (nSPS) is 18.8. The summed E-state index contributed by atoms with van der Waals surface area (Å²) in [5.41, 5.74) is 1.80. The second kappa shape index (κ2) is 7.78. The SMILES string of the molecule is CC(CO)CCCNC(=O)C1CC(c2ccccc2)=NO1. The average Bonchev–Trinajstić information content (AvgIpc) is 3.02. The van der Waals surface area contributed by atoms with Crippen molar-refractivity contribution in [3.05, 3.63) is 35.9 Å². The van der Waals surface area contributed by atoms with Crippen molar-refractivity contribution in [1.29, 1.82) is 0 Å². The lowest BCUT2D eigenvalue weighted by atomic mass is 10.0. The number of nitrogens with one attached hydrogen (secondary N) is 1. The van der Waals surface area contributed by atoms with Crippen LogP contribution in [0.4, 0.5) is 0 Å². The van der Waals surface area contributed by atoms with Crippen LogP contribution in [0.2, 0.25) is 0 Å². The maximum atomic E-state index is 12.0. The topological polar surface area (TPSA) is 70.9 Å². The van der Waals surface area contributed by atoms with Crippen LogP contribution in [0.15, 0.2) is 35.5 Å². The molecule has 21 heavy (non-hydrogen) atoms. The number of oxime groups is 1. The van der Waals surface area contributed by atoms with Crippen molar-refractivity contribution in [2.24, 2.45) is 11.1 Å². The first-order valence-corrected chi connectivity index (χ1v) is 7.37. The number of hydrogen-bond acceptors (Lipinski definition) is 4. The Hall–Kier alpha value is -1.88. The molecule has 1 aromatic rings. The molecule has 0 saturated heterocycles. The van der Waals surface area contributed by atoms with Crippen molar-refractivity contribution in [2.45, 2.75) is 32.3 Å². The second-order valence-electron chi connectivity index (χ2n) is 5.42. The van der Waals surface area contributed by atoms with E-state index >= 15 is 0 Å². The first kappa shape index (κ1) is 15.5. The molecular formula is C16H22N2O3. The fourth-order valence-corrected chi connectivity index (χ4v) is 2.19. The molecule has 1 aliphatic rings. The Morgan fingerprint density at radius 1 is 1.48 bits per heavy atom. The minimum absolute atomic E-state index is 0.124. The zero-order valence-electron chi connectivity index (χ0n) is 12.3. The lowest BCUT2D eigenvalue weighted by Gasteiger charge is -2.11. The van der Waals surface area contributed by atoms with Gasteiger partial charge in [-0.2, -0.15) is 0 Å². The van der Waals surface area contributed by atoms with Crippen LogP contribution in [0.1, 0.15) is 31.7 Å². The molecule has 0 aromatic heterocycles. The largest absolute Gasteiger partial charge is 0.396 e. The van der Waals surface area contributed by atoms with Gasteiger partial charge in [-0.15, -0.1) is 0 Å². The monoisotopic (exact) mass is 290 g/mol. The van der Waals surface area contributed by atoms with Crippen molar-refractivity contribution in [3.63, 3.8) is 0 Å². The number of hydrogen-bond donors (Lipinski definition) is 2. The summed E-state index contributed by atoms with van der Waals surface area (Å²) in [4.78, 5) is 17.2. The Bertz CT molecular complexity index is 488. The van der Waals surface area contributed by atoms with Crippen molar-refractivity contribution >= 4 is 11.6 Å². The summed E-state index contributed by atoms with van der Waals surface area (Å²) in [6.07, 6.45) is 1.72. The summed E-state index contributed by atoms with van der Waals surface area (Å²) >= 11 is 0. The van der Waals surface area contributed by atoms with E-state index in [-0.39, 0.29) is 18.4 Å². The number of carbonyl (C=O) groups is 1. The van der Waals surface area contributed by atoms with Gasteiger partial charge in [-0.25, -0.2) is 0 Å². The summed E-state index contributed by atoms with van der Waals surface area (Å²) in [6.45, 7) is 2.78. The van der Waals surface area contributed by atoms with Crippen LogP contribution in [0, 0.1) is 5.92 Å². The molecule has 114 valence electrons. The summed E-state index contributed by atoms with van der Waals surface area (Å²) in [5, 5.41) is 15.8. The summed E-state index contributed by atoms with van der Waals surface area (Å²) in [6, 6.07) is 9.73. The van der Waals surface area contributed by atoms with Gasteiger partial charge in [-0.05, 0) is 24.3 Å². The van der Waals surface area contributed by atoms with Crippen LogP contribution in [0.25, 0.3) is 0 Å². The quantitative estimate of drug-likeness (QED) is 0.751. The molecule has 1 amide bonds. The van der Waals surface area contributed by atoms with Gasteiger partial charge in [0.1, 0.15) is 0 Å². The van der Waals surface area contributed by atoms with Gasteiger partial charge in [0.15, 0.2) is 0 Å². The number of amides is 1. The van der Waals surface area contributed by atoms with Crippen molar-refractivity contribution in [1.82, 2.24) is 5.32 Å². The van der Waals surface area contributed by atoms with E-state index in [2.05, 4.69) is 10.5 Å². The molecule has 0 saturated carbocycles. The number of benzene rings is 1. The standard InChI is InChI=1S/C16H22N2O3/c1-12(11-19)6-5-9-17-16(20)15-10-14(18-21-15)13-7-3-2-4-8-13/h2-4,7-8,12,15,19H,5-6,9-11H2,1H3,(H,17,20). The highest BCUT2D eigenvalue weighted by molar-refractivity contribution is 6.04. The average molecular weight is 290 g/mol. The lowest BCUT2D eigenvalue weighted by Crippen LogP contribution is -2.35. The highest BCUT2D eigenvalue weighted by atomic mass is 16.6. The molecule has 0 spiro atoms. The highest BCUT2D eigenvalue weighted by Gasteiger charge is 2.28. The Morgan fingerprint density at radius 2 is 2.24 bits per heavy atom. The molecule has 1 aliphatic heterocycles. The van der Waals surface area contributed by atoms with Crippen molar-refractivity contribution in [2.75, 3.05) is 13.2 Å². The van der Waals surface area contributed by atoms with Crippen molar-refractivity contribution < 1.29 is 14.7 Å². The zero-order valence-corrected chi connectivity index (χ0v) is 12.3. The minimum atomic E-state index is -0.532. The van der Waals surface area contributed by atoms with Crippen LogP contribution in [-0.2, 0) is 9.63 Å². The van der Waals surface area contributed by atoms with E-state index in [4.69, 9.17) is 9.94 Å². The molecule has 0 bridgehead atoms. The Kier molecular flexibility index (Phi) is 5.75. The number of rotatable bonds is 7. The van der Waals surface area contributed by atoms with Gasteiger partial charge in [-0.3, -0.25) is 4.79 Å². The van der Waals surface area contributed by atoms with E-state index in [1.54, 1.807) is 0 Å². The first-order valence-electron chi connectivity index (χ1n) is 7.37. The smallest absolute Gasteiger partial charge is 0.264 e. The summed E-state index contributed by atoms with van der Waals surface area (Å²) in [7, 11) is 0. The first-order chi connectivity index (χ1) is 10.2. The van der Waals surface area contributed by atoms with E-state index in [0.29, 0.717) is 13.0 Å². The van der Waals surface area contributed by atoms with Gasteiger partial charge in [0, 0.05) is 19.6 Å². The molecule has 0 aliphatic carbocycles. The second-order valence-corrected chi connectivity index (χ2v) is 5.42. The predicted molar refractivity (Wildman–Crippen MR) is 81.0 cm³/mol. The van der Waals surface area contributed by atoms with Gasteiger partial charge in [0.2, 0.25) is 6.10 Å². The molecular weight excluding hydrogens is 268 g/mol. The van der Waals surface area contributed by atoms with E-state index < -0.39 is 6.10 Å². The number of nitrogens with zero attached hydrogens (tertiary/aromatic N) is 1. The van der Waals surface area contributed by atoms with Crippen LogP contribution >= 0.6 is 0 Å². The van der Waals surface area contributed by atoms with E-state index in [0.717, 1.165) is 24.1 Å². The predicted octanol–water partition coefficient (Wildman–Crippen LogP) is 1.70. The molecule has 5 heteroatoms. The number of aliphatic hydroxyl groups excluding tert-OH is 1. The molecule has 2 atom stereocenters. The Balaban J connectivity index is 1.72. The molecule has 2 N–H and O–H groups in total. The third kappa shape index (κ3) is 4.56. The van der Waals surface area contributed by atoms with Crippen molar-refractivity contribution in [3.8, 4) is 0 Å². The van der Waals surface area contributed by atoms with Crippen LogP contribution in [0.5, 0.6) is 0 Å².